The number of aryl methyl sites for hydroxylation is 1. The molecule has 0 radical (unpaired) electrons. The third-order valence-corrected chi connectivity index (χ3v) is 15.8. The Kier molecular flexibility index (Phi) is 9.32. The van der Waals surface area contributed by atoms with Gasteiger partial charge in [-0.3, -0.25) is 19.4 Å². The molecule has 1 spiro atoms. The number of hydrogen-bond donors (Lipinski definition) is 6. The zero-order chi connectivity index (χ0) is 41.2. The van der Waals surface area contributed by atoms with Gasteiger partial charge in [0.25, 0.3) is 5.91 Å². The summed E-state index contributed by atoms with van der Waals surface area (Å²) in [4.78, 5) is 40.4. The number of para-hydroxylation sites is 1. The van der Waals surface area contributed by atoms with Crippen LogP contribution in [0.4, 0.5) is 5.69 Å². The molecule has 58 heavy (non-hydrogen) atoms. The summed E-state index contributed by atoms with van der Waals surface area (Å²) in [6, 6.07) is 11.4. The van der Waals surface area contributed by atoms with E-state index in [1.807, 2.05) is 50.9 Å². The summed E-state index contributed by atoms with van der Waals surface area (Å²) in [5.41, 5.74) is 0.0623. The molecular weight excluding hydrogens is 735 g/mol. The monoisotopic (exact) mass is 795 g/mol. The van der Waals surface area contributed by atoms with Crippen LogP contribution in [-0.2, 0) is 31.6 Å². The Morgan fingerprint density at radius 1 is 1.07 bits per heavy atom. The minimum Gasteiger partial charge on any atom is -0.468 e. The number of nitrogens with one attached hydrogen (secondary N) is 2. The van der Waals surface area contributed by atoms with Gasteiger partial charge in [0.1, 0.15) is 11.5 Å². The van der Waals surface area contributed by atoms with Crippen LogP contribution in [0, 0.1) is 18.3 Å². The van der Waals surface area contributed by atoms with Gasteiger partial charge in [0, 0.05) is 78.9 Å². The van der Waals surface area contributed by atoms with E-state index in [1.54, 1.807) is 6.92 Å². The topological polar surface area (TPSA) is 162 Å². The maximum absolute atomic E-state index is 15.3. The molecule has 6 heterocycles. The Morgan fingerprint density at radius 2 is 1.84 bits per heavy atom. The first-order chi connectivity index (χ1) is 27.6. The van der Waals surface area contributed by atoms with Gasteiger partial charge >= 0.3 is 5.97 Å². The van der Waals surface area contributed by atoms with Gasteiger partial charge in [-0.05, 0) is 99.2 Å². The van der Waals surface area contributed by atoms with Crippen LogP contribution in [0.2, 0.25) is 0 Å². The first-order valence-electron chi connectivity index (χ1n) is 21.4. The van der Waals surface area contributed by atoms with Crippen LogP contribution in [-0.4, -0.2) is 136 Å². The summed E-state index contributed by atoms with van der Waals surface area (Å²) >= 11 is 0. The maximum atomic E-state index is 15.3. The number of aromatic nitrogens is 1. The van der Waals surface area contributed by atoms with E-state index in [4.69, 9.17) is 4.74 Å². The highest BCUT2D eigenvalue weighted by atomic mass is 16.5. The number of aliphatic hydroxyl groups is 4. The Morgan fingerprint density at radius 3 is 2.57 bits per heavy atom. The minimum absolute atomic E-state index is 0.0397. The first kappa shape index (κ1) is 39.7. The van der Waals surface area contributed by atoms with Gasteiger partial charge in [-0.15, -0.1) is 0 Å². The number of esters is 1. The number of ether oxygens (including phenoxy) is 1. The third-order valence-electron chi connectivity index (χ3n) is 15.8. The number of benzene rings is 2. The molecule has 3 aromatic rings. The highest BCUT2D eigenvalue weighted by molar-refractivity contribution is 5.95. The number of piperidine rings is 1. The fraction of sp³-hybridized carbons (Fsp3) is 0.609. The predicted molar refractivity (Wildman–Crippen MR) is 222 cm³/mol. The van der Waals surface area contributed by atoms with E-state index in [0.29, 0.717) is 58.2 Å². The van der Waals surface area contributed by atoms with Gasteiger partial charge in [0.05, 0.1) is 24.9 Å². The summed E-state index contributed by atoms with van der Waals surface area (Å²) < 4.78 is 5.95. The van der Waals surface area contributed by atoms with Crippen LogP contribution in [0.3, 0.4) is 0 Å². The van der Waals surface area contributed by atoms with Crippen LogP contribution in [0.25, 0.3) is 10.9 Å². The van der Waals surface area contributed by atoms with Crippen molar-refractivity contribution in [2.75, 3.05) is 58.3 Å². The normalized spacial score (nSPS) is 38.2. The lowest BCUT2D eigenvalue weighted by molar-refractivity contribution is -0.203. The number of aliphatic hydroxyl groups excluding tert-OH is 2. The van der Waals surface area contributed by atoms with Crippen molar-refractivity contribution in [3.8, 4) is 0 Å². The van der Waals surface area contributed by atoms with Crippen molar-refractivity contribution >= 4 is 28.5 Å². The number of hydrogen-bond acceptors (Lipinski definition) is 10. The molecule has 2 aromatic carbocycles. The average molecular weight is 796 g/mol. The van der Waals surface area contributed by atoms with Crippen molar-refractivity contribution in [2.45, 2.75) is 113 Å². The number of amides is 1. The molecule has 1 amide bonds. The van der Waals surface area contributed by atoms with E-state index in [2.05, 4.69) is 50.4 Å². The number of aromatic amines is 1. The molecule has 11 atom stereocenters. The maximum Gasteiger partial charge on any atom is 0.322 e. The zero-order valence-corrected chi connectivity index (χ0v) is 34.8. The SMILES string of the molecule is CCC1(O)CC2C[N@](CCc3c([nH]c4ccccc34)[C@@](C(=O)OC)(c3cc4c(cc3C)N(C)C3C45CCN4CC=C[C@](CC)(C45)[C@@H](O)[C@]3(O)C(=O)NC[C@H](C)O)C2)C1. The predicted octanol–water partition coefficient (Wildman–Crippen LogP) is 3.04. The van der Waals surface area contributed by atoms with Crippen LogP contribution in [0.5, 0.6) is 0 Å². The van der Waals surface area contributed by atoms with Crippen molar-refractivity contribution in [2.24, 2.45) is 11.3 Å². The van der Waals surface area contributed by atoms with E-state index in [-0.39, 0.29) is 24.5 Å². The van der Waals surface area contributed by atoms with Crippen LogP contribution < -0.4 is 10.2 Å². The molecule has 5 unspecified atom stereocenters. The smallest absolute Gasteiger partial charge is 0.322 e. The van der Waals surface area contributed by atoms with Gasteiger partial charge in [-0.25, -0.2) is 0 Å². The highest BCUT2D eigenvalue weighted by Gasteiger charge is 2.78. The Balaban J connectivity index is 1.32. The second-order valence-electron chi connectivity index (χ2n) is 18.8. The molecule has 5 aliphatic heterocycles. The van der Waals surface area contributed by atoms with Crippen molar-refractivity contribution < 1.29 is 34.8 Å². The van der Waals surface area contributed by atoms with Gasteiger partial charge in [-0.1, -0.05) is 50.3 Å². The number of fused-ring (bicyclic) bond motifs is 6. The summed E-state index contributed by atoms with van der Waals surface area (Å²) in [6.07, 6.45) is 5.15. The average Bonchev–Trinajstić information content (AvgIpc) is 3.87. The van der Waals surface area contributed by atoms with E-state index in [0.717, 1.165) is 57.6 Å². The Bertz CT molecular complexity index is 2190. The number of methoxy groups -OCH3 is 1. The molecule has 2 bridgehead atoms. The molecule has 6 aliphatic rings. The molecule has 12 nitrogen and oxygen atoms in total. The van der Waals surface area contributed by atoms with Crippen molar-refractivity contribution in [3.63, 3.8) is 0 Å². The molecule has 312 valence electrons. The largest absolute Gasteiger partial charge is 0.468 e. The van der Waals surface area contributed by atoms with Gasteiger partial charge in [-0.2, -0.15) is 0 Å². The molecule has 1 aromatic heterocycles. The summed E-state index contributed by atoms with van der Waals surface area (Å²) in [6.45, 7) is 11.1. The second kappa shape index (κ2) is 13.6. The van der Waals surface area contributed by atoms with E-state index in [9.17, 15) is 25.2 Å². The zero-order valence-electron chi connectivity index (χ0n) is 34.8. The fourth-order valence-corrected chi connectivity index (χ4v) is 13.5. The number of nitrogens with zero attached hydrogens (tertiary/aromatic N) is 3. The molecule has 1 aliphatic carbocycles. The second-order valence-corrected chi connectivity index (χ2v) is 18.8. The van der Waals surface area contributed by atoms with Crippen LogP contribution in [0.1, 0.15) is 80.8 Å². The van der Waals surface area contributed by atoms with E-state index in [1.165, 1.54) is 7.11 Å². The van der Waals surface area contributed by atoms with Crippen LogP contribution in [0.15, 0.2) is 48.6 Å². The summed E-state index contributed by atoms with van der Waals surface area (Å²) in [5.74, 6) is -1.12. The molecule has 2 saturated heterocycles. The number of likely N-dealkylation sites (N-methyl/N-ethyl adjacent to an activating group) is 1. The van der Waals surface area contributed by atoms with Gasteiger partial charge in [0.15, 0.2) is 5.60 Å². The lowest BCUT2D eigenvalue weighted by Gasteiger charge is -2.63. The van der Waals surface area contributed by atoms with Crippen molar-refractivity contribution in [1.82, 2.24) is 20.1 Å². The Hall–Kier alpha value is -3.78. The number of carbonyl (C=O) groups excluding carboxylic acids is 2. The lowest BCUT2D eigenvalue weighted by Crippen LogP contribution is -2.81. The van der Waals surface area contributed by atoms with Gasteiger partial charge in [0.2, 0.25) is 0 Å². The number of anilines is 1. The highest BCUT2D eigenvalue weighted by Crippen LogP contribution is 2.67. The molecular formula is C46H61N5O7. The molecule has 1 saturated carbocycles. The van der Waals surface area contributed by atoms with E-state index < -0.39 is 51.6 Å². The molecule has 3 fully saturated rings. The van der Waals surface area contributed by atoms with Crippen molar-refractivity contribution in [3.05, 3.63) is 76.5 Å². The first-order valence-corrected chi connectivity index (χ1v) is 21.4. The summed E-state index contributed by atoms with van der Waals surface area (Å²) in [5, 5.41) is 51.8. The van der Waals surface area contributed by atoms with Gasteiger partial charge < -0.3 is 40.4 Å². The fourth-order valence-electron chi connectivity index (χ4n) is 13.5. The van der Waals surface area contributed by atoms with Crippen molar-refractivity contribution in [1.29, 1.82) is 0 Å². The number of rotatable bonds is 7. The standard InChI is InChI=1S/C46H61N5O7/c1-7-42(56)22-29-23-45(41(55)58-6,36-31(14-18-50(25-29)26-42)30-12-9-10-13-34(30)48-36)32-21-33-35(20-27(32)3)49(5)38-44(33)16-19-51-17-11-15-43(8-2,37(44)51)39(53)46(38,57)40(54)47-24-28(4)52/h9-13,15,20-21,28-29,37-39,48,52-53,56-57H,7-8,14,16-19,22-26H2,1-6H3,(H,47,54)/t28-,29?,37?,38?,39+,42?,43+,44?,45-,46-/m0/s1. The minimum atomic E-state index is -2.26. The lowest BCUT2D eigenvalue weighted by atomic mass is 9.47. The third kappa shape index (κ3) is 5.14. The van der Waals surface area contributed by atoms with E-state index >= 15 is 4.79 Å². The quantitative estimate of drug-likeness (QED) is 0.155. The molecule has 9 rings (SSSR count). The molecule has 12 heteroatoms. The number of H-pyrrole nitrogens is 1. The Labute approximate surface area is 341 Å². The summed E-state index contributed by atoms with van der Waals surface area (Å²) in [7, 11) is 3.37. The number of carbonyl (C=O) groups is 2. The van der Waals surface area contributed by atoms with Crippen LogP contribution >= 0.6 is 0 Å². The molecule has 6 N–H and O–H groups in total.